The Bertz CT molecular complexity index is 465. The summed E-state index contributed by atoms with van der Waals surface area (Å²) in [5, 5.41) is 1.41. The summed E-state index contributed by atoms with van der Waals surface area (Å²) >= 11 is 2.16. The van der Waals surface area contributed by atoms with Gasteiger partial charge in [-0.1, -0.05) is 18.2 Å². The van der Waals surface area contributed by atoms with Crippen LogP contribution < -0.4 is 12.4 Å². The number of aromatic nitrogens is 1. The summed E-state index contributed by atoms with van der Waals surface area (Å²) in [5.74, 6) is 1.10. The van der Waals surface area contributed by atoms with Gasteiger partial charge in [-0.25, -0.2) is 0 Å². The molecule has 0 amide bonds. The third-order valence-electron chi connectivity index (χ3n) is 2.45. The molecule has 0 aliphatic heterocycles. The van der Waals surface area contributed by atoms with Crippen LogP contribution in [0.25, 0.3) is 10.9 Å². The third-order valence-corrected chi connectivity index (χ3v) is 4.14. The van der Waals surface area contributed by atoms with E-state index in [2.05, 4.69) is 53.2 Å². The number of thioether (sulfide) groups is 1. The first-order valence-electron chi connectivity index (χ1n) is 4.90. The molecule has 0 saturated carbocycles. The minimum absolute atomic E-state index is 0. The van der Waals surface area contributed by atoms with Gasteiger partial charge in [-0.2, -0.15) is 15.7 Å². The predicted molar refractivity (Wildman–Crippen MR) is 73.8 cm³/mol. The van der Waals surface area contributed by atoms with Gasteiger partial charge in [-0.15, -0.1) is 0 Å². The maximum atomic E-state index is 2.39. The Morgan fingerprint density at radius 2 is 1.94 bits per heavy atom. The molecule has 0 unspecified atom stereocenters. The van der Waals surface area contributed by atoms with Crippen LogP contribution in [0.5, 0.6) is 0 Å². The summed E-state index contributed by atoms with van der Waals surface area (Å²) in [5.41, 5.74) is 2.83. The summed E-state index contributed by atoms with van der Waals surface area (Å²) in [4.78, 5) is 0. The Morgan fingerprint density at radius 1 is 1.25 bits per heavy atom. The van der Waals surface area contributed by atoms with Crippen molar-refractivity contribution >= 4 is 33.7 Å². The van der Waals surface area contributed by atoms with Crippen LogP contribution >= 0.6 is 11.8 Å². The van der Waals surface area contributed by atoms with E-state index in [4.69, 9.17) is 0 Å². The number of halogens is 1. The van der Waals surface area contributed by atoms with Crippen molar-refractivity contribution in [2.24, 2.45) is 0 Å². The average molecular weight is 274 g/mol. The van der Waals surface area contributed by atoms with Crippen molar-refractivity contribution in [3.63, 3.8) is 0 Å². The smallest absolute Gasteiger partial charge is 0.123 e. The van der Waals surface area contributed by atoms with Gasteiger partial charge in [0.15, 0.2) is 0 Å². The number of para-hydroxylation sites is 1. The van der Waals surface area contributed by atoms with Crippen LogP contribution in [0.2, 0.25) is 0 Å². The van der Waals surface area contributed by atoms with Gasteiger partial charge in [0.05, 0.1) is 22.8 Å². The molecule has 1 aromatic carbocycles. The lowest BCUT2D eigenvalue weighted by atomic mass is 10.2. The number of hydrogen-bond acceptors (Lipinski definition) is 1. The third kappa shape index (κ3) is 2.53. The lowest BCUT2D eigenvalue weighted by molar-refractivity contribution is -0.00000318. The molecule has 0 fully saturated rings. The molecule has 2 rings (SSSR count). The van der Waals surface area contributed by atoms with Crippen LogP contribution in [-0.2, 0) is 16.8 Å². The average Bonchev–Trinajstić information content (AvgIpc) is 2.59. The molecule has 1 heterocycles. The second kappa shape index (κ2) is 5.89. The largest absolute Gasteiger partial charge is 1.00 e. The molecule has 0 saturated heterocycles. The van der Waals surface area contributed by atoms with E-state index in [0.717, 1.165) is 5.75 Å². The van der Waals surface area contributed by atoms with E-state index in [0.29, 0.717) is 0 Å². The molecule has 0 bridgehead atoms. The molecule has 4 heteroatoms. The van der Waals surface area contributed by atoms with Crippen molar-refractivity contribution in [3.05, 3.63) is 36.0 Å². The normalized spacial score (nSPS) is 10.8. The van der Waals surface area contributed by atoms with E-state index in [1.807, 2.05) is 11.8 Å². The summed E-state index contributed by atoms with van der Waals surface area (Å²) < 4.78 is 2.39. The molecular formula is C12H16ClNS2. The molecular weight excluding hydrogens is 258 g/mol. The number of hydrogen-bond donors (Lipinski definition) is 0. The molecule has 2 aromatic rings. The molecule has 0 aliphatic rings. The van der Waals surface area contributed by atoms with Crippen LogP contribution in [0.3, 0.4) is 0 Å². The maximum Gasteiger partial charge on any atom is 0.123 e. The number of rotatable bonds is 3. The van der Waals surface area contributed by atoms with Gasteiger partial charge in [0, 0.05) is 11.1 Å². The fourth-order valence-corrected chi connectivity index (χ4v) is 3.22. The van der Waals surface area contributed by atoms with E-state index in [9.17, 15) is 0 Å². The molecule has 0 atom stereocenters. The number of fused-ring (bicyclic) bond motifs is 1. The molecule has 0 aliphatic carbocycles. The minimum Gasteiger partial charge on any atom is -1.00 e. The summed E-state index contributed by atoms with van der Waals surface area (Å²) in [7, 11) is 0. The van der Waals surface area contributed by atoms with Gasteiger partial charge < -0.3 is 12.4 Å². The Labute approximate surface area is 110 Å². The predicted octanol–water partition coefficient (Wildman–Crippen LogP) is 0.149. The zero-order valence-corrected chi connectivity index (χ0v) is 12.1. The Balaban J connectivity index is 0.00000128. The standard InChI is InChI=1S/C12H16NS2.ClH/c1-14-9-10-8-13(15(2)3)12-7-5-4-6-11(10)12;/h4-8H,9H2,1-3H3;1H/q+1;/p-1. The fourth-order valence-electron chi connectivity index (χ4n) is 1.79. The molecule has 0 N–H and O–H groups in total. The first-order valence-corrected chi connectivity index (χ1v) is 8.29. The van der Waals surface area contributed by atoms with Crippen molar-refractivity contribution in [3.8, 4) is 0 Å². The van der Waals surface area contributed by atoms with Gasteiger partial charge >= 0.3 is 0 Å². The van der Waals surface area contributed by atoms with E-state index in [-0.39, 0.29) is 23.5 Å². The van der Waals surface area contributed by atoms with Crippen molar-refractivity contribution < 1.29 is 12.4 Å². The van der Waals surface area contributed by atoms with Gasteiger partial charge in [-0.3, -0.25) is 0 Å². The minimum atomic E-state index is 0. The quantitative estimate of drug-likeness (QED) is 0.721. The molecule has 88 valence electrons. The molecule has 16 heavy (non-hydrogen) atoms. The van der Waals surface area contributed by atoms with Gasteiger partial charge in [0.25, 0.3) is 0 Å². The van der Waals surface area contributed by atoms with Crippen LogP contribution in [-0.4, -0.2) is 22.7 Å². The van der Waals surface area contributed by atoms with E-state index in [1.54, 1.807) is 0 Å². The molecule has 1 nitrogen and oxygen atoms in total. The van der Waals surface area contributed by atoms with E-state index >= 15 is 0 Å². The Kier molecular flexibility index (Phi) is 5.09. The highest BCUT2D eigenvalue weighted by Crippen LogP contribution is 2.25. The van der Waals surface area contributed by atoms with Gasteiger partial charge in [-0.05, 0) is 17.9 Å². The second-order valence-corrected chi connectivity index (χ2v) is 6.51. The first-order chi connectivity index (χ1) is 7.24. The van der Waals surface area contributed by atoms with Crippen molar-refractivity contribution in [1.82, 2.24) is 3.97 Å². The first kappa shape index (κ1) is 13.8. The summed E-state index contributed by atoms with van der Waals surface area (Å²) in [6.45, 7) is 0. The van der Waals surface area contributed by atoms with E-state index in [1.165, 1.54) is 16.5 Å². The highest BCUT2D eigenvalue weighted by atomic mass is 35.5. The summed E-state index contributed by atoms with van der Waals surface area (Å²) in [6, 6.07) is 8.69. The van der Waals surface area contributed by atoms with Crippen LogP contribution in [0.1, 0.15) is 5.56 Å². The number of benzene rings is 1. The zero-order chi connectivity index (χ0) is 10.8. The lowest BCUT2D eigenvalue weighted by Crippen LogP contribution is -3.00. The SMILES string of the molecule is CSCc1cn([S+](C)C)c2ccccc12.[Cl-]. The second-order valence-electron chi connectivity index (χ2n) is 3.70. The van der Waals surface area contributed by atoms with Crippen LogP contribution in [0.15, 0.2) is 30.5 Å². The lowest BCUT2D eigenvalue weighted by Gasteiger charge is -1.97. The van der Waals surface area contributed by atoms with Crippen LogP contribution in [0, 0.1) is 0 Å². The van der Waals surface area contributed by atoms with Crippen molar-refractivity contribution in [2.45, 2.75) is 5.75 Å². The fraction of sp³-hybridized carbons (Fsp3) is 0.333. The Hall–Kier alpha value is -0.250. The Morgan fingerprint density at radius 3 is 2.56 bits per heavy atom. The van der Waals surface area contributed by atoms with Gasteiger partial charge in [0.1, 0.15) is 12.5 Å². The van der Waals surface area contributed by atoms with E-state index < -0.39 is 0 Å². The molecule has 1 aromatic heterocycles. The highest BCUT2D eigenvalue weighted by Gasteiger charge is 2.14. The topological polar surface area (TPSA) is 4.93 Å². The van der Waals surface area contributed by atoms with Crippen molar-refractivity contribution in [2.75, 3.05) is 18.8 Å². The highest BCUT2D eigenvalue weighted by molar-refractivity contribution is 7.97. The molecule has 0 radical (unpaired) electrons. The number of nitrogens with zero attached hydrogens (tertiary/aromatic N) is 1. The maximum absolute atomic E-state index is 2.39. The monoisotopic (exact) mass is 273 g/mol. The van der Waals surface area contributed by atoms with Crippen LogP contribution in [0.4, 0.5) is 0 Å². The molecule has 0 spiro atoms. The zero-order valence-electron chi connectivity index (χ0n) is 9.74. The van der Waals surface area contributed by atoms with Crippen molar-refractivity contribution in [1.29, 1.82) is 0 Å². The summed E-state index contributed by atoms with van der Waals surface area (Å²) in [6.07, 6.45) is 8.98. The van der Waals surface area contributed by atoms with Gasteiger partial charge in [0.2, 0.25) is 0 Å².